The highest BCUT2D eigenvalue weighted by Crippen LogP contribution is 2.43. The van der Waals surface area contributed by atoms with Gasteiger partial charge in [0.1, 0.15) is 6.04 Å². The zero-order valence-electron chi connectivity index (χ0n) is 15.8. The van der Waals surface area contributed by atoms with Crippen molar-refractivity contribution >= 4 is 28.3 Å². The Labute approximate surface area is 165 Å². The smallest absolute Gasteiger partial charge is 0.316 e. The van der Waals surface area contributed by atoms with Crippen molar-refractivity contribution in [2.75, 3.05) is 27.3 Å². The van der Waals surface area contributed by atoms with Gasteiger partial charge in [-0.25, -0.2) is 4.90 Å². The number of carbonyl (C=O) groups is 1. The van der Waals surface area contributed by atoms with Gasteiger partial charge in [-0.2, -0.15) is 0 Å². The van der Waals surface area contributed by atoms with E-state index in [1.807, 2.05) is 0 Å². The molecule has 1 aliphatic heterocycles. The summed E-state index contributed by atoms with van der Waals surface area (Å²) < 4.78 is 16.1. The maximum absolute atomic E-state index is 13.1. The molecule has 0 amide bonds. The number of nitrogens with zero attached hydrogens (tertiary/aromatic N) is 2. The number of H-pyrrole nitrogens is 1. The number of alkyl halides is 1. The number of nitrogens with one attached hydrogen (secondary N) is 1. The number of hydrogen-bond donors (Lipinski definition) is 1. The number of carbonyl (C=O) groups excluding carboxylic acids is 1. The molecule has 2 aromatic rings. The molecule has 10 heteroatoms. The Morgan fingerprint density at radius 1 is 1.25 bits per heavy atom. The van der Waals surface area contributed by atoms with Gasteiger partial charge in [0.05, 0.1) is 38.5 Å². The zero-order chi connectivity index (χ0) is 20.6. The number of nitro groups is 1. The Morgan fingerprint density at radius 3 is 2.43 bits per heavy atom. The number of ether oxygens (including phenoxy) is 3. The fourth-order valence-corrected chi connectivity index (χ4v) is 3.83. The van der Waals surface area contributed by atoms with Crippen LogP contribution in [0.15, 0.2) is 24.0 Å². The molecule has 0 saturated carbocycles. The van der Waals surface area contributed by atoms with Gasteiger partial charge in [0.25, 0.3) is 0 Å². The van der Waals surface area contributed by atoms with Crippen LogP contribution in [0.1, 0.15) is 17.4 Å². The lowest BCUT2D eigenvalue weighted by Gasteiger charge is -2.19. The third-order valence-electron chi connectivity index (χ3n) is 4.94. The molecule has 1 aromatic carbocycles. The van der Waals surface area contributed by atoms with Crippen LogP contribution in [0, 0.1) is 16.0 Å². The molecular formula is C18H20ClN3O6. The molecule has 0 fully saturated rings. The molecule has 0 aliphatic carbocycles. The third kappa shape index (κ3) is 3.01. The first-order valence-corrected chi connectivity index (χ1v) is 8.96. The van der Waals surface area contributed by atoms with Gasteiger partial charge >= 0.3 is 5.82 Å². The third-order valence-corrected chi connectivity index (χ3v) is 5.20. The second kappa shape index (κ2) is 7.59. The Hall–Kier alpha value is -2.94. The Morgan fingerprint density at radius 2 is 1.93 bits per heavy atom. The van der Waals surface area contributed by atoms with Gasteiger partial charge in [-0.15, -0.1) is 0 Å². The molecule has 3 rings (SSSR count). The van der Waals surface area contributed by atoms with E-state index in [4.69, 9.17) is 25.8 Å². The molecule has 150 valence electrons. The van der Waals surface area contributed by atoms with E-state index in [-0.39, 0.29) is 17.6 Å². The van der Waals surface area contributed by atoms with E-state index in [9.17, 15) is 14.9 Å². The van der Waals surface area contributed by atoms with E-state index in [0.717, 1.165) is 0 Å². The van der Waals surface area contributed by atoms with E-state index in [0.29, 0.717) is 33.8 Å². The van der Waals surface area contributed by atoms with E-state index in [2.05, 4.69) is 4.98 Å². The molecule has 1 aromatic heterocycles. The first-order chi connectivity index (χ1) is 13.4. The zero-order valence-corrected chi connectivity index (χ0v) is 16.6. The first-order valence-electron chi connectivity index (χ1n) is 8.42. The number of halogens is 1. The average molecular weight is 410 g/mol. The van der Waals surface area contributed by atoms with Crippen LogP contribution in [-0.4, -0.2) is 54.0 Å². The molecule has 1 N–H and O–H groups in total. The topological polar surface area (TPSA) is 107 Å². The quantitative estimate of drug-likeness (QED) is 0.246. The summed E-state index contributed by atoms with van der Waals surface area (Å²) in [6, 6.07) is 2.87. The number of ketones is 1. The minimum Gasteiger partial charge on any atom is -0.493 e. The van der Waals surface area contributed by atoms with Gasteiger partial charge < -0.3 is 29.3 Å². The molecule has 2 atom stereocenters. The van der Waals surface area contributed by atoms with E-state index >= 15 is 0 Å². The number of Topliss-reactive ketones (excluding diaryl/α,β-unsaturated/α-hetero) is 1. The molecule has 0 spiro atoms. The molecular weight excluding hydrogens is 390 g/mol. The van der Waals surface area contributed by atoms with Crippen LogP contribution in [0.25, 0.3) is 10.9 Å². The summed E-state index contributed by atoms with van der Waals surface area (Å²) >= 11 is 5.85. The Bertz CT molecular complexity index is 970. The lowest BCUT2D eigenvalue weighted by molar-refractivity contribution is -0.444. The molecule has 0 bridgehead atoms. The molecule has 2 heterocycles. The molecule has 0 saturated heterocycles. The van der Waals surface area contributed by atoms with Crippen LogP contribution in [0.3, 0.4) is 0 Å². The molecule has 28 heavy (non-hydrogen) atoms. The van der Waals surface area contributed by atoms with Gasteiger partial charge in [0.2, 0.25) is 5.75 Å². The van der Waals surface area contributed by atoms with Crippen molar-refractivity contribution in [3.8, 4) is 17.2 Å². The molecule has 9 nitrogen and oxygen atoms in total. The predicted molar refractivity (Wildman–Crippen MR) is 103 cm³/mol. The van der Waals surface area contributed by atoms with E-state index in [1.54, 1.807) is 19.1 Å². The highest BCUT2D eigenvalue weighted by atomic mass is 35.5. The van der Waals surface area contributed by atoms with Crippen LogP contribution in [0.4, 0.5) is 0 Å². The maximum atomic E-state index is 13.1. The van der Waals surface area contributed by atoms with Crippen molar-refractivity contribution in [3.63, 3.8) is 0 Å². The van der Waals surface area contributed by atoms with Crippen LogP contribution in [0.2, 0.25) is 0 Å². The van der Waals surface area contributed by atoms with Gasteiger partial charge in [-0.3, -0.25) is 4.79 Å². The summed E-state index contributed by atoms with van der Waals surface area (Å²) in [6.07, 6.45) is 1.35. The number of aromatic nitrogens is 1. The lowest BCUT2D eigenvalue weighted by atomic mass is 9.96. The number of hydrogen-bond acceptors (Lipinski definition) is 7. The van der Waals surface area contributed by atoms with E-state index < -0.39 is 16.9 Å². The fourth-order valence-electron chi connectivity index (χ4n) is 3.49. The van der Waals surface area contributed by atoms with Gasteiger partial charge in [-0.1, -0.05) is 11.6 Å². The van der Waals surface area contributed by atoms with Crippen LogP contribution >= 0.6 is 11.6 Å². The van der Waals surface area contributed by atoms with Gasteiger partial charge in [0, 0.05) is 11.5 Å². The SMILES string of the molecule is COc1cc2cc(C(=O)C3C=C([N+](=O)[O-])N(CCl)C3C)[nH]c2c(OC)c1OC. The number of rotatable bonds is 7. The maximum Gasteiger partial charge on any atom is 0.316 e. The molecule has 0 radical (unpaired) electrons. The van der Waals surface area contributed by atoms with Gasteiger partial charge in [0.15, 0.2) is 23.3 Å². The predicted octanol–water partition coefficient (Wildman–Crippen LogP) is 3.01. The van der Waals surface area contributed by atoms with Gasteiger partial charge in [-0.05, 0) is 24.0 Å². The summed E-state index contributed by atoms with van der Waals surface area (Å²) in [5, 5.41) is 12.0. The monoisotopic (exact) mass is 409 g/mol. The Balaban J connectivity index is 2.07. The summed E-state index contributed by atoms with van der Waals surface area (Å²) in [5.41, 5.74) is 0.873. The second-order valence-corrected chi connectivity index (χ2v) is 6.53. The summed E-state index contributed by atoms with van der Waals surface area (Å²) in [6.45, 7) is 1.73. The van der Waals surface area contributed by atoms with Crippen molar-refractivity contribution in [2.45, 2.75) is 13.0 Å². The van der Waals surface area contributed by atoms with Crippen molar-refractivity contribution in [1.82, 2.24) is 9.88 Å². The second-order valence-electron chi connectivity index (χ2n) is 6.29. The Kier molecular flexibility index (Phi) is 5.37. The molecule has 2 unspecified atom stereocenters. The number of benzene rings is 1. The number of fused-ring (bicyclic) bond motifs is 1. The van der Waals surface area contributed by atoms with Crippen LogP contribution in [0.5, 0.6) is 17.2 Å². The van der Waals surface area contributed by atoms with Crippen LogP contribution in [-0.2, 0) is 0 Å². The number of aromatic amines is 1. The molecule has 1 aliphatic rings. The minimum atomic E-state index is -0.706. The summed E-state index contributed by atoms with van der Waals surface area (Å²) in [4.78, 5) is 28.3. The first kappa shape index (κ1) is 19.8. The standard InChI is InChI=1S/C18H20ClN3O6/c1-9-11(7-14(22(24)25)21(9)8-19)16(23)12-5-10-6-13(26-2)17(27-3)18(28-4)15(10)20-12/h5-7,9,11,20H,8H2,1-4H3. The highest BCUT2D eigenvalue weighted by molar-refractivity contribution is 6.17. The summed E-state index contributed by atoms with van der Waals surface area (Å²) in [7, 11) is 4.49. The van der Waals surface area contributed by atoms with Crippen molar-refractivity contribution in [2.24, 2.45) is 5.92 Å². The normalized spacial score (nSPS) is 18.9. The van der Waals surface area contributed by atoms with Crippen molar-refractivity contribution in [3.05, 3.63) is 39.8 Å². The van der Waals surface area contributed by atoms with Crippen molar-refractivity contribution < 1.29 is 23.9 Å². The number of methoxy groups -OCH3 is 3. The minimum absolute atomic E-state index is 0.0767. The largest absolute Gasteiger partial charge is 0.493 e. The fraction of sp³-hybridized carbons (Fsp3) is 0.389. The summed E-state index contributed by atoms with van der Waals surface area (Å²) in [5.74, 6) is 0.106. The lowest BCUT2D eigenvalue weighted by Crippen LogP contribution is -2.35. The van der Waals surface area contributed by atoms with Crippen LogP contribution < -0.4 is 14.2 Å². The highest BCUT2D eigenvalue weighted by Gasteiger charge is 2.43. The van der Waals surface area contributed by atoms with E-state index in [1.165, 1.54) is 32.3 Å². The van der Waals surface area contributed by atoms with Crippen molar-refractivity contribution in [1.29, 1.82) is 0 Å². The average Bonchev–Trinajstić information content (AvgIpc) is 3.26.